The van der Waals surface area contributed by atoms with Gasteiger partial charge in [-0.15, -0.1) is 0 Å². The van der Waals surface area contributed by atoms with Crippen molar-refractivity contribution in [3.05, 3.63) is 28.8 Å². The predicted octanol–water partition coefficient (Wildman–Crippen LogP) is 3.64. The topological polar surface area (TPSA) is 30.5 Å². The number of nitrogens with one attached hydrogen (secondary N) is 1. The van der Waals surface area contributed by atoms with E-state index in [2.05, 4.69) is 19.2 Å². The summed E-state index contributed by atoms with van der Waals surface area (Å²) in [6, 6.07) is 5.76. The molecule has 0 bridgehead atoms. The lowest BCUT2D eigenvalue weighted by Gasteiger charge is -2.18. The molecule has 0 heterocycles. The number of benzene rings is 1. The highest BCUT2D eigenvalue weighted by atomic mass is 35.5. The third-order valence-corrected chi connectivity index (χ3v) is 3.06. The first kappa shape index (κ1) is 16.3. The van der Waals surface area contributed by atoms with Crippen LogP contribution in [0.2, 0.25) is 5.02 Å². The summed E-state index contributed by atoms with van der Waals surface area (Å²) in [5, 5.41) is 4.11. The van der Waals surface area contributed by atoms with Crippen molar-refractivity contribution in [2.45, 2.75) is 39.3 Å². The van der Waals surface area contributed by atoms with Crippen LogP contribution in [0.1, 0.15) is 32.3 Å². The highest BCUT2D eigenvalue weighted by molar-refractivity contribution is 6.30. The van der Waals surface area contributed by atoms with Crippen LogP contribution in [0.4, 0.5) is 0 Å². The maximum atomic E-state index is 6.05. The van der Waals surface area contributed by atoms with Gasteiger partial charge in [-0.05, 0) is 38.1 Å². The zero-order chi connectivity index (χ0) is 14.1. The van der Waals surface area contributed by atoms with Gasteiger partial charge in [-0.1, -0.05) is 18.5 Å². The summed E-state index contributed by atoms with van der Waals surface area (Å²) in [6.07, 6.45) is 2.12. The Morgan fingerprint density at radius 3 is 2.84 bits per heavy atom. The van der Waals surface area contributed by atoms with E-state index in [0.29, 0.717) is 6.61 Å². The van der Waals surface area contributed by atoms with Crippen LogP contribution in [-0.4, -0.2) is 26.4 Å². The second kappa shape index (κ2) is 9.18. The van der Waals surface area contributed by atoms with Gasteiger partial charge >= 0.3 is 0 Å². The third kappa shape index (κ3) is 6.28. The van der Waals surface area contributed by atoms with Gasteiger partial charge in [0.25, 0.3) is 0 Å². The fraction of sp³-hybridized carbons (Fsp3) is 0.600. The Morgan fingerprint density at radius 1 is 1.37 bits per heavy atom. The molecule has 0 aromatic heterocycles. The molecule has 0 fully saturated rings. The summed E-state index contributed by atoms with van der Waals surface area (Å²) < 4.78 is 11.0. The quantitative estimate of drug-likeness (QED) is 0.703. The standard InChI is InChI=1S/C15H24ClNO2/c1-4-8-17-11-13-10-14(16)5-6-15(13)19-12(2)7-9-18-3/h5-6,10,12,17H,4,7-9,11H2,1-3H3. The summed E-state index contributed by atoms with van der Waals surface area (Å²) in [7, 11) is 1.70. The number of hydrogen-bond acceptors (Lipinski definition) is 3. The van der Waals surface area contributed by atoms with Crippen molar-refractivity contribution in [2.75, 3.05) is 20.3 Å². The number of hydrogen-bond donors (Lipinski definition) is 1. The molecular formula is C15H24ClNO2. The molecular weight excluding hydrogens is 262 g/mol. The Balaban J connectivity index is 2.64. The molecule has 0 amide bonds. The maximum Gasteiger partial charge on any atom is 0.124 e. The van der Waals surface area contributed by atoms with Crippen LogP contribution in [0.5, 0.6) is 5.75 Å². The van der Waals surface area contributed by atoms with E-state index in [1.807, 2.05) is 18.2 Å². The minimum Gasteiger partial charge on any atom is -0.490 e. The Hall–Kier alpha value is -0.770. The van der Waals surface area contributed by atoms with E-state index < -0.39 is 0 Å². The molecule has 0 radical (unpaired) electrons. The molecule has 0 saturated heterocycles. The normalized spacial score (nSPS) is 12.4. The zero-order valence-corrected chi connectivity index (χ0v) is 12.8. The van der Waals surface area contributed by atoms with Gasteiger partial charge in [0.1, 0.15) is 5.75 Å². The molecule has 1 aromatic carbocycles. The van der Waals surface area contributed by atoms with Crippen molar-refractivity contribution in [1.82, 2.24) is 5.32 Å². The molecule has 1 aromatic rings. The minimum absolute atomic E-state index is 0.131. The van der Waals surface area contributed by atoms with Crippen molar-refractivity contribution in [1.29, 1.82) is 0 Å². The number of ether oxygens (including phenoxy) is 2. The number of methoxy groups -OCH3 is 1. The molecule has 0 aliphatic heterocycles. The van der Waals surface area contributed by atoms with Gasteiger partial charge in [-0.3, -0.25) is 0 Å². The lowest BCUT2D eigenvalue weighted by Crippen LogP contribution is -2.18. The monoisotopic (exact) mass is 285 g/mol. The first-order chi connectivity index (χ1) is 9.17. The van der Waals surface area contributed by atoms with E-state index in [1.54, 1.807) is 7.11 Å². The molecule has 0 aliphatic rings. The van der Waals surface area contributed by atoms with Gasteiger partial charge in [0, 0.05) is 37.3 Å². The van der Waals surface area contributed by atoms with E-state index >= 15 is 0 Å². The van der Waals surface area contributed by atoms with E-state index in [1.165, 1.54) is 0 Å². The molecule has 19 heavy (non-hydrogen) atoms. The van der Waals surface area contributed by atoms with Crippen molar-refractivity contribution < 1.29 is 9.47 Å². The summed E-state index contributed by atoms with van der Waals surface area (Å²) in [4.78, 5) is 0. The molecule has 1 rings (SSSR count). The average Bonchev–Trinajstić information content (AvgIpc) is 2.39. The fourth-order valence-corrected chi connectivity index (χ4v) is 1.96. The van der Waals surface area contributed by atoms with Crippen LogP contribution in [0.3, 0.4) is 0 Å². The molecule has 4 heteroatoms. The summed E-state index contributed by atoms with van der Waals surface area (Å²) in [5.41, 5.74) is 1.10. The van der Waals surface area contributed by atoms with E-state index in [9.17, 15) is 0 Å². The van der Waals surface area contributed by atoms with Gasteiger partial charge in [-0.2, -0.15) is 0 Å². The first-order valence-corrected chi connectivity index (χ1v) is 7.20. The van der Waals surface area contributed by atoms with Gasteiger partial charge in [0.05, 0.1) is 6.10 Å². The van der Waals surface area contributed by atoms with Crippen LogP contribution in [0.25, 0.3) is 0 Å². The minimum atomic E-state index is 0.131. The maximum absolute atomic E-state index is 6.05. The van der Waals surface area contributed by atoms with Crippen LogP contribution >= 0.6 is 11.6 Å². The van der Waals surface area contributed by atoms with E-state index in [-0.39, 0.29) is 6.10 Å². The van der Waals surface area contributed by atoms with Crippen molar-refractivity contribution >= 4 is 11.6 Å². The summed E-state index contributed by atoms with van der Waals surface area (Å²) >= 11 is 6.05. The largest absolute Gasteiger partial charge is 0.490 e. The van der Waals surface area contributed by atoms with Crippen LogP contribution in [0, 0.1) is 0 Å². The highest BCUT2D eigenvalue weighted by Crippen LogP contribution is 2.24. The van der Waals surface area contributed by atoms with Gasteiger partial charge in [0.2, 0.25) is 0 Å². The number of rotatable bonds is 9. The Labute approximate surface area is 121 Å². The Morgan fingerprint density at radius 2 is 2.16 bits per heavy atom. The van der Waals surface area contributed by atoms with Crippen LogP contribution in [-0.2, 0) is 11.3 Å². The predicted molar refractivity (Wildman–Crippen MR) is 80.0 cm³/mol. The van der Waals surface area contributed by atoms with Gasteiger partial charge in [-0.25, -0.2) is 0 Å². The molecule has 108 valence electrons. The van der Waals surface area contributed by atoms with Crippen molar-refractivity contribution in [3.8, 4) is 5.75 Å². The molecule has 1 N–H and O–H groups in total. The number of halogens is 1. The lowest BCUT2D eigenvalue weighted by atomic mass is 10.2. The van der Waals surface area contributed by atoms with Gasteiger partial charge < -0.3 is 14.8 Å². The van der Waals surface area contributed by atoms with E-state index in [0.717, 1.165) is 42.3 Å². The molecule has 0 saturated carbocycles. The second-order valence-corrected chi connectivity index (χ2v) is 5.08. The smallest absolute Gasteiger partial charge is 0.124 e. The van der Waals surface area contributed by atoms with Crippen LogP contribution in [0.15, 0.2) is 18.2 Å². The summed E-state index contributed by atoms with van der Waals surface area (Å²) in [5.74, 6) is 0.900. The van der Waals surface area contributed by atoms with Crippen molar-refractivity contribution in [3.63, 3.8) is 0 Å². The van der Waals surface area contributed by atoms with Gasteiger partial charge in [0.15, 0.2) is 0 Å². The molecule has 0 aliphatic carbocycles. The van der Waals surface area contributed by atoms with Crippen LogP contribution < -0.4 is 10.1 Å². The second-order valence-electron chi connectivity index (χ2n) is 4.64. The summed E-state index contributed by atoms with van der Waals surface area (Å²) in [6.45, 7) is 6.68. The molecule has 3 nitrogen and oxygen atoms in total. The Kier molecular flexibility index (Phi) is 7.87. The molecule has 1 atom stereocenters. The lowest BCUT2D eigenvalue weighted by molar-refractivity contribution is 0.134. The highest BCUT2D eigenvalue weighted by Gasteiger charge is 2.09. The first-order valence-electron chi connectivity index (χ1n) is 6.82. The Bertz CT molecular complexity index is 371. The SMILES string of the molecule is CCCNCc1cc(Cl)ccc1OC(C)CCOC. The molecule has 1 unspecified atom stereocenters. The van der Waals surface area contributed by atoms with E-state index in [4.69, 9.17) is 21.1 Å². The average molecular weight is 286 g/mol. The fourth-order valence-electron chi connectivity index (χ4n) is 1.76. The zero-order valence-electron chi connectivity index (χ0n) is 12.0. The third-order valence-electron chi connectivity index (χ3n) is 2.82. The van der Waals surface area contributed by atoms with Crippen molar-refractivity contribution in [2.24, 2.45) is 0 Å². The molecule has 0 spiro atoms.